The van der Waals surface area contributed by atoms with E-state index in [1.807, 2.05) is 0 Å². The summed E-state index contributed by atoms with van der Waals surface area (Å²) in [4.78, 5) is 21.2. The summed E-state index contributed by atoms with van der Waals surface area (Å²) in [6, 6.07) is 0. The van der Waals surface area contributed by atoms with Crippen LogP contribution in [0.15, 0.2) is 12.7 Å². The Kier molecular flexibility index (Phi) is 4.13. The number of hydrogen-bond donors (Lipinski definition) is 2. The van der Waals surface area contributed by atoms with E-state index < -0.39 is 24.0 Å². The van der Waals surface area contributed by atoms with Crippen molar-refractivity contribution in [2.45, 2.75) is 6.92 Å². The van der Waals surface area contributed by atoms with E-state index in [1.165, 1.54) is 6.92 Å². The highest BCUT2D eigenvalue weighted by Gasteiger charge is 2.33. The van der Waals surface area contributed by atoms with Crippen LogP contribution in [0.4, 0.5) is 0 Å². The topological polar surface area (TPSA) is 83.8 Å². The molecule has 0 spiro atoms. The molecule has 0 aliphatic carbocycles. The number of carboxylic acids is 1. The maximum Gasteiger partial charge on any atom is 0.330 e. The molecular formula is C8H12O5. The standard InChI is InChI=1S/C8H12O5/c1-3-6(10)13-5-8(2,4-9)7(11)12/h3,9H,1,4-5H2,2H3,(H,11,12). The third-order valence-corrected chi connectivity index (χ3v) is 1.56. The van der Waals surface area contributed by atoms with Crippen LogP contribution in [-0.2, 0) is 14.3 Å². The number of aliphatic hydroxyl groups is 1. The van der Waals surface area contributed by atoms with Crippen molar-refractivity contribution in [2.24, 2.45) is 5.41 Å². The largest absolute Gasteiger partial charge is 0.481 e. The van der Waals surface area contributed by atoms with Crippen molar-refractivity contribution in [2.75, 3.05) is 13.2 Å². The Bertz CT molecular complexity index is 223. The number of carbonyl (C=O) groups excluding carboxylic acids is 1. The third-order valence-electron chi connectivity index (χ3n) is 1.56. The van der Waals surface area contributed by atoms with Gasteiger partial charge in [0, 0.05) is 6.08 Å². The van der Waals surface area contributed by atoms with Crippen LogP contribution in [0.1, 0.15) is 6.92 Å². The zero-order chi connectivity index (χ0) is 10.5. The molecule has 5 nitrogen and oxygen atoms in total. The Labute approximate surface area is 75.6 Å². The SMILES string of the molecule is C=CC(=O)OCC(C)(CO)C(=O)O. The molecular weight excluding hydrogens is 176 g/mol. The van der Waals surface area contributed by atoms with Gasteiger partial charge in [0.05, 0.1) is 6.61 Å². The Hall–Kier alpha value is -1.36. The van der Waals surface area contributed by atoms with Crippen molar-refractivity contribution in [3.63, 3.8) is 0 Å². The second-order valence-corrected chi connectivity index (χ2v) is 2.84. The Morgan fingerprint density at radius 1 is 1.62 bits per heavy atom. The molecule has 0 saturated heterocycles. The summed E-state index contributed by atoms with van der Waals surface area (Å²) in [5.41, 5.74) is -1.45. The number of rotatable bonds is 5. The number of ether oxygens (including phenoxy) is 1. The van der Waals surface area contributed by atoms with Gasteiger partial charge >= 0.3 is 11.9 Å². The normalized spacial score (nSPS) is 14.3. The molecule has 0 saturated carbocycles. The highest BCUT2D eigenvalue weighted by Crippen LogP contribution is 2.15. The van der Waals surface area contributed by atoms with E-state index in [0.717, 1.165) is 6.08 Å². The van der Waals surface area contributed by atoms with E-state index >= 15 is 0 Å². The zero-order valence-corrected chi connectivity index (χ0v) is 7.32. The highest BCUT2D eigenvalue weighted by molar-refractivity contribution is 5.82. The lowest BCUT2D eigenvalue weighted by Gasteiger charge is -2.20. The van der Waals surface area contributed by atoms with Gasteiger partial charge in [0.15, 0.2) is 0 Å². The summed E-state index contributed by atoms with van der Waals surface area (Å²) in [6.07, 6.45) is 0.930. The molecule has 0 aliphatic rings. The highest BCUT2D eigenvalue weighted by atomic mass is 16.5. The maximum atomic E-state index is 10.6. The van der Waals surface area contributed by atoms with E-state index in [4.69, 9.17) is 10.2 Å². The first-order valence-electron chi connectivity index (χ1n) is 3.59. The summed E-state index contributed by atoms with van der Waals surface area (Å²) >= 11 is 0. The second-order valence-electron chi connectivity index (χ2n) is 2.84. The molecule has 0 aliphatic heterocycles. The van der Waals surface area contributed by atoms with Gasteiger partial charge in [0.25, 0.3) is 0 Å². The van der Waals surface area contributed by atoms with Crippen molar-refractivity contribution >= 4 is 11.9 Å². The van der Waals surface area contributed by atoms with E-state index in [1.54, 1.807) is 0 Å². The lowest BCUT2D eigenvalue weighted by atomic mass is 9.93. The van der Waals surface area contributed by atoms with Gasteiger partial charge in [-0.25, -0.2) is 4.79 Å². The number of carbonyl (C=O) groups is 2. The third kappa shape index (κ3) is 3.25. The predicted molar refractivity (Wildman–Crippen MR) is 44.0 cm³/mol. The van der Waals surface area contributed by atoms with Crippen LogP contribution in [0.3, 0.4) is 0 Å². The fourth-order valence-electron chi connectivity index (χ4n) is 0.464. The fourth-order valence-corrected chi connectivity index (χ4v) is 0.464. The molecule has 0 aromatic heterocycles. The van der Waals surface area contributed by atoms with E-state index in [0.29, 0.717) is 0 Å². The van der Waals surface area contributed by atoms with E-state index in [2.05, 4.69) is 11.3 Å². The molecule has 0 heterocycles. The lowest BCUT2D eigenvalue weighted by Crippen LogP contribution is -2.37. The second kappa shape index (κ2) is 4.61. The monoisotopic (exact) mass is 188 g/mol. The molecule has 0 fully saturated rings. The summed E-state index contributed by atoms with van der Waals surface area (Å²) in [7, 11) is 0. The minimum Gasteiger partial charge on any atom is -0.481 e. The summed E-state index contributed by atoms with van der Waals surface area (Å²) in [5, 5.41) is 17.4. The van der Waals surface area contributed by atoms with Crippen LogP contribution in [0.5, 0.6) is 0 Å². The molecule has 0 bridgehead atoms. The van der Waals surface area contributed by atoms with Gasteiger partial charge in [-0.3, -0.25) is 4.79 Å². The first-order valence-corrected chi connectivity index (χ1v) is 3.59. The maximum absolute atomic E-state index is 10.6. The summed E-state index contributed by atoms with van der Waals surface area (Å²) in [6.45, 7) is 3.47. The van der Waals surface area contributed by atoms with Crippen molar-refractivity contribution < 1.29 is 24.5 Å². The van der Waals surface area contributed by atoms with Crippen molar-refractivity contribution in [1.29, 1.82) is 0 Å². The number of carboxylic acid groups (broad SMARTS) is 1. The van der Waals surface area contributed by atoms with Crippen LogP contribution in [0, 0.1) is 5.41 Å². The fraction of sp³-hybridized carbons (Fsp3) is 0.500. The van der Waals surface area contributed by atoms with Crippen LogP contribution >= 0.6 is 0 Å². The van der Waals surface area contributed by atoms with Crippen molar-refractivity contribution in [3.05, 3.63) is 12.7 Å². The van der Waals surface area contributed by atoms with Gasteiger partial charge in [0.2, 0.25) is 0 Å². The molecule has 5 heteroatoms. The first kappa shape index (κ1) is 11.6. The van der Waals surface area contributed by atoms with Crippen LogP contribution in [0.25, 0.3) is 0 Å². The minimum absolute atomic E-state index is 0.371. The van der Waals surface area contributed by atoms with Gasteiger partial charge in [-0.1, -0.05) is 6.58 Å². The van der Waals surface area contributed by atoms with Crippen LogP contribution in [-0.4, -0.2) is 35.4 Å². The smallest absolute Gasteiger partial charge is 0.330 e. The summed E-state index contributed by atoms with van der Waals surface area (Å²) < 4.78 is 4.51. The molecule has 0 amide bonds. The van der Waals surface area contributed by atoms with Gasteiger partial charge in [-0.05, 0) is 6.92 Å². The first-order chi connectivity index (χ1) is 5.96. The lowest BCUT2D eigenvalue weighted by molar-refractivity contribution is -0.158. The number of esters is 1. The molecule has 0 aromatic rings. The van der Waals surface area contributed by atoms with Crippen LogP contribution in [0.2, 0.25) is 0 Å². The predicted octanol–water partition coefficient (Wildman–Crippen LogP) is -0.201. The van der Waals surface area contributed by atoms with E-state index in [-0.39, 0.29) is 6.61 Å². The zero-order valence-electron chi connectivity index (χ0n) is 7.32. The summed E-state index contributed by atoms with van der Waals surface area (Å²) in [5.74, 6) is -1.92. The number of aliphatic hydroxyl groups excluding tert-OH is 1. The van der Waals surface area contributed by atoms with Gasteiger partial charge in [0.1, 0.15) is 12.0 Å². The Balaban J connectivity index is 4.21. The molecule has 1 unspecified atom stereocenters. The van der Waals surface area contributed by atoms with E-state index in [9.17, 15) is 9.59 Å². The molecule has 0 aromatic carbocycles. The molecule has 0 radical (unpaired) electrons. The average molecular weight is 188 g/mol. The number of aliphatic carboxylic acids is 1. The van der Waals surface area contributed by atoms with Crippen LogP contribution < -0.4 is 0 Å². The van der Waals surface area contributed by atoms with Crippen molar-refractivity contribution in [3.8, 4) is 0 Å². The molecule has 0 rings (SSSR count). The quantitative estimate of drug-likeness (QED) is 0.461. The Morgan fingerprint density at radius 2 is 2.15 bits per heavy atom. The molecule has 1 atom stereocenters. The molecule has 2 N–H and O–H groups in total. The van der Waals surface area contributed by atoms with Crippen molar-refractivity contribution in [1.82, 2.24) is 0 Å². The van der Waals surface area contributed by atoms with Gasteiger partial charge in [-0.2, -0.15) is 0 Å². The number of hydrogen-bond acceptors (Lipinski definition) is 4. The Morgan fingerprint density at radius 3 is 2.46 bits per heavy atom. The van der Waals surface area contributed by atoms with Gasteiger partial charge < -0.3 is 14.9 Å². The molecule has 74 valence electrons. The average Bonchev–Trinajstić information content (AvgIpc) is 2.13. The molecule has 13 heavy (non-hydrogen) atoms. The van der Waals surface area contributed by atoms with Gasteiger partial charge in [-0.15, -0.1) is 0 Å². The minimum atomic E-state index is -1.45.